The van der Waals surface area contributed by atoms with Crippen LogP contribution in [0.4, 0.5) is 0 Å². The lowest BCUT2D eigenvalue weighted by molar-refractivity contribution is -0.240. The Bertz CT molecular complexity index is 737. The first-order valence-electron chi connectivity index (χ1n) is 13.4. The van der Waals surface area contributed by atoms with Crippen LogP contribution >= 0.6 is 0 Å². The number of carbonyl (C=O) groups excluding carboxylic acids is 1. The Labute approximate surface area is 186 Å². The summed E-state index contributed by atoms with van der Waals surface area (Å²) in [6.07, 6.45) is 15.3. The van der Waals surface area contributed by atoms with Crippen molar-refractivity contribution in [3.05, 3.63) is 0 Å². The average Bonchev–Trinajstić information content (AvgIpc) is 2.99. The van der Waals surface area contributed by atoms with E-state index in [1.54, 1.807) is 0 Å². The van der Waals surface area contributed by atoms with Gasteiger partial charge in [-0.1, -0.05) is 48.0 Å². The molecule has 5 fully saturated rings. The minimum Gasteiger partial charge on any atom is -0.300 e. The lowest BCUT2D eigenvalue weighted by atomic mass is 9.32. The number of Topliss-reactive ketones (excluding diaryl/α,β-unsaturated/α-hetero) is 1. The van der Waals surface area contributed by atoms with Gasteiger partial charge >= 0.3 is 0 Å². The highest BCUT2D eigenvalue weighted by molar-refractivity contribution is 5.79. The molecular weight excluding hydrogens is 364 g/mol. The predicted octanol–water partition coefficient (Wildman–Crippen LogP) is 8.07. The van der Waals surface area contributed by atoms with Crippen molar-refractivity contribution in [2.75, 3.05) is 0 Å². The zero-order valence-corrected chi connectivity index (χ0v) is 21.1. The second-order valence-corrected chi connectivity index (χ2v) is 14.4. The molecule has 30 heavy (non-hydrogen) atoms. The van der Waals surface area contributed by atoms with E-state index in [9.17, 15) is 4.79 Å². The van der Waals surface area contributed by atoms with Crippen LogP contribution in [-0.4, -0.2) is 5.78 Å². The zero-order chi connectivity index (χ0) is 21.7. The molecule has 0 radical (unpaired) electrons. The fraction of sp³-hybridized carbons (Fsp3) is 0.966. The summed E-state index contributed by atoms with van der Waals surface area (Å²) in [4.78, 5) is 12.4. The smallest absolute Gasteiger partial charge is 0.133 e. The molecule has 0 unspecified atom stereocenters. The summed E-state index contributed by atoms with van der Waals surface area (Å²) < 4.78 is 0. The zero-order valence-electron chi connectivity index (χ0n) is 21.1. The third kappa shape index (κ3) is 2.45. The van der Waals surface area contributed by atoms with E-state index in [1.807, 2.05) is 6.92 Å². The largest absolute Gasteiger partial charge is 0.300 e. The lowest BCUT2D eigenvalue weighted by Crippen LogP contribution is -2.65. The molecule has 5 aliphatic carbocycles. The minimum absolute atomic E-state index is 0.359. The summed E-state index contributed by atoms with van der Waals surface area (Å²) >= 11 is 0. The summed E-state index contributed by atoms with van der Waals surface area (Å²) in [5.74, 6) is 4.13. The van der Waals surface area contributed by atoms with Crippen LogP contribution in [0, 0.1) is 56.7 Å². The summed E-state index contributed by atoms with van der Waals surface area (Å²) in [5, 5.41) is 0. The molecule has 9 atom stereocenters. The van der Waals surface area contributed by atoms with Crippen LogP contribution in [0.3, 0.4) is 0 Å². The van der Waals surface area contributed by atoms with E-state index in [1.165, 1.54) is 64.2 Å². The van der Waals surface area contributed by atoms with Crippen molar-refractivity contribution < 1.29 is 4.79 Å². The first-order valence-corrected chi connectivity index (χ1v) is 13.4. The fourth-order valence-electron chi connectivity index (χ4n) is 11.8. The van der Waals surface area contributed by atoms with Crippen LogP contribution in [0.5, 0.6) is 0 Å². The van der Waals surface area contributed by atoms with E-state index in [4.69, 9.17) is 0 Å². The van der Waals surface area contributed by atoms with Crippen molar-refractivity contribution in [2.24, 2.45) is 56.7 Å². The van der Waals surface area contributed by atoms with Crippen LogP contribution in [0.2, 0.25) is 0 Å². The molecule has 0 aliphatic heterocycles. The molecule has 0 aromatic rings. The maximum atomic E-state index is 12.4. The molecule has 5 aliphatic rings. The van der Waals surface area contributed by atoms with Gasteiger partial charge in [-0.05, 0) is 122 Å². The molecule has 1 nitrogen and oxygen atoms in total. The van der Waals surface area contributed by atoms with E-state index >= 15 is 0 Å². The van der Waals surface area contributed by atoms with Gasteiger partial charge in [0, 0.05) is 5.92 Å². The van der Waals surface area contributed by atoms with Gasteiger partial charge < -0.3 is 0 Å². The number of rotatable bonds is 1. The van der Waals surface area contributed by atoms with Crippen LogP contribution in [0.1, 0.15) is 119 Å². The summed E-state index contributed by atoms with van der Waals surface area (Å²) in [6, 6.07) is 0. The maximum absolute atomic E-state index is 12.4. The molecule has 5 saturated carbocycles. The second kappa shape index (κ2) is 6.38. The molecule has 1 heteroatoms. The van der Waals surface area contributed by atoms with Gasteiger partial charge in [0.1, 0.15) is 5.78 Å². The number of hydrogen-bond acceptors (Lipinski definition) is 1. The molecule has 0 N–H and O–H groups in total. The van der Waals surface area contributed by atoms with E-state index in [-0.39, 0.29) is 0 Å². The molecular formula is C29H48O. The van der Waals surface area contributed by atoms with Gasteiger partial charge in [0.05, 0.1) is 0 Å². The topological polar surface area (TPSA) is 17.1 Å². The first kappa shape index (κ1) is 21.5. The normalized spacial score (nSPS) is 57.0. The van der Waals surface area contributed by atoms with Crippen LogP contribution in [-0.2, 0) is 4.79 Å². The molecule has 0 bridgehead atoms. The van der Waals surface area contributed by atoms with Crippen molar-refractivity contribution in [3.8, 4) is 0 Å². The minimum atomic E-state index is 0.359. The maximum Gasteiger partial charge on any atom is 0.133 e. The van der Waals surface area contributed by atoms with Gasteiger partial charge in [0.25, 0.3) is 0 Å². The highest BCUT2D eigenvalue weighted by Crippen LogP contribution is 2.77. The number of carbonyl (C=O) groups is 1. The lowest BCUT2D eigenvalue weighted by Gasteiger charge is -2.73. The number of ketones is 1. The Hall–Kier alpha value is -0.330. The molecule has 0 amide bonds. The second-order valence-electron chi connectivity index (χ2n) is 14.4. The standard InChI is InChI=1S/C29H48O/c1-19(30)20-11-16-26(4)21(20)12-17-28(6)23(26)9-10-24-27(5)15-8-14-25(2,3)22(27)13-18-29(24,28)7/h20-24H,8-18H2,1-7H3/t20-,21+,22+,23-,24+,26-,27+,28+,29-/m1/s1. The van der Waals surface area contributed by atoms with Crippen molar-refractivity contribution in [3.63, 3.8) is 0 Å². The van der Waals surface area contributed by atoms with Crippen molar-refractivity contribution >= 4 is 5.78 Å². The van der Waals surface area contributed by atoms with Gasteiger partial charge in [-0.2, -0.15) is 0 Å². The predicted molar refractivity (Wildman–Crippen MR) is 125 cm³/mol. The van der Waals surface area contributed by atoms with Gasteiger partial charge in [-0.3, -0.25) is 4.79 Å². The average molecular weight is 413 g/mol. The molecule has 0 aromatic carbocycles. The van der Waals surface area contributed by atoms with Crippen molar-refractivity contribution in [1.82, 2.24) is 0 Å². The third-order valence-corrected chi connectivity index (χ3v) is 13.2. The monoisotopic (exact) mass is 412 g/mol. The molecule has 0 aromatic heterocycles. The Morgan fingerprint density at radius 3 is 1.87 bits per heavy atom. The molecule has 0 heterocycles. The Morgan fingerprint density at radius 1 is 0.633 bits per heavy atom. The van der Waals surface area contributed by atoms with E-state index in [2.05, 4.69) is 41.5 Å². The van der Waals surface area contributed by atoms with Gasteiger partial charge in [0.15, 0.2) is 0 Å². The first-order chi connectivity index (χ1) is 13.9. The quantitative estimate of drug-likeness (QED) is 0.425. The Morgan fingerprint density at radius 2 is 1.23 bits per heavy atom. The van der Waals surface area contributed by atoms with E-state index in [0.717, 1.165) is 24.2 Å². The van der Waals surface area contributed by atoms with Gasteiger partial charge in [-0.25, -0.2) is 0 Å². The summed E-state index contributed by atoms with van der Waals surface area (Å²) in [7, 11) is 0. The number of fused-ring (bicyclic) bond motifs is 7. The molecule has 170 valence electrons. The van der Waals surface area contributed by atoms with Crippen LogP contribution in [0.15, 0.2) is 0 Å². The van der Waals surface area contributed by atoms with Crippen LogP contribution < -0.4 is 0 Å². The Balaban J connectivity index is 1.53. The Kier molecular flexibility index (Phi) is 4.57. The summed E-state index contributed by atoms with van der Waals surface area (Å²) in [5.41, 5.74) is 2.41. The highest BCUT2D eigenvalue weighted by atomic mass is 16.1. The van der Waals surface area contributed by atoms with Crippen molar-refractivity contribution in [2.45, 2.75) is 119 Å². The van der Waals surface area contributed by atoms with E-state index < -0.39 is 0 Å². The van der Waals surface area contributed by atoms with Crippen LogP contribution in [0.25, 0.3) is 0 Å². The SMILES string of the molecule is CC(=O)[C@H]1CC[C@@]2(C)[C@H]3CC[C@H]4[C@@]5(C)CCCC(C)(C)[C@@H]5CC[C@@]4(C)[C@@]3(C)CC[C@@H]12. The summed E-state index contributed by atoms with van der Waals surface area (Å²) in [6.45, 7) is 17.8. The highest BCUT2D eigenvalue weighted by Gasteiger charge is 2.70. The molecule has 5 rings (SSSR count). The molecule has 0 spiro atoms. The third-order valence-electron chi connectivity index (χ3n) is 13.2. The van der Waals surface area contributed by atoms with E-state index in [0.29, 0.717) is 44.7 Å². The van der Waals surface area contributed by atoms with Crippen molar-refractivity contribution in [1.29, 1.82) is 0 Å². The van der Waals surface area contributed by atoms with Gasteiger partial charge in [0.2, 0.25) is 0 Å². The number of hydrogen-bond donors (Lipinski definition) is 0. The fourth-order valence-corrected chi connectivity index (χ4v) is 11.8. The molecule has 0 saturated heterocycles. The van der Waals surface area contributed by atoms with Gasteiger partial charge in [-0.15, -0.1) is 0 Å².